The lowest BCUT2D eigenvalue weighted by molar-refractivity contribution is -0.591. The molecule has 2 aromatic heterocycles. The van der Waals surface area contributed by atoms with Gasteiger partial charge in [-0.15, -0.1) is 4.99 Å². The maximum Gasteiger partial charge on any atom is 0.263 e. The van der Waals surface area contributed by atoms with Crippen LogP contribution < -0.4 is 10.1 Å². The first-order chi connectivity index (χ1) is 16.6. The van der Waals surface area contributed by atoms with Crippen molar-refractivity contribution in [3.8, 4) is 0 Å². The zero-order chi connectivity index (χ0) is 25.9. The number of carbonyl (C=O) groups excluding carboxylic acids is 1. The van der Waals surface area contributed by atoms with Crippen molar-refractivity contribution < 1.29 is 33.1 Å². The molecule has 0 spiro atoms. The van der Waals surface area contributed by atoms with Crippen molar-refractivity contribution in [2.75, 3.05) is 13.7 Å². The maximum absolute atomic E-state index is 15.1. The summed E-state index contributed by atoms with van der Waals surface area (Å²) in [5.41, 5.74) is 1.85. The first-order valence-corrected chi connectivity index (χ1v) is 10.8. The number of aliphatic hydroxyl groups is 2. The summed E-state index contributed by atoms with van der Waals surface area (Å²) in [4.78, 5) is 16.3. The summed E-state index contributed by atoms with van der Waals surface area (Å²) in [6, 6.07) is 1.70. The van der Waals surface area contributed by atoms with Gasteiger partial charge in [-0.3, -0.25) is 9.48 Å². The van der Waals surface area contributed by atoms with Gasteiger partial charge in [-0.05, 0) is 13.0 Å². The summed E-state index contributed by atoms with van der Waals surface area (Å²) in [7, 11) is 3.23. The highest BCUT2D eigenvalue weighted by molar-refractivity contribution is 5.98. The number of carbonyl (C=O) groups is 1. The third-order valence-electron chi connectivity index (χ3n) is 5.73. The van der Waals surface area contributed by atoms with Crippen molar-refractivity contribution >= 4 is 17.7 Å². The molecular formula is C24H28F2N5O4+. The van der Waals surface area contributed by atoms with Crippen molar-refractivity contribution in [3.63, 3.8) is 0 Å². The van der Waals surface area contributed by atoms with E-state index in [1.807, 2.05) is 0 Å². The van der Waals surface area contributed by atoms with E-state index in [-0.39, 0.29) is 24.5 Å². The van der Waals surface area contributed by atoms with Crippen molar-refractivity contribution in [1.82, 2.24) is 14.3 Å². The number of Topliss-reactive ketones (excluding diaryl/α,β-unsaturated/α-hetero) is 1. The number of nitrogens with zero attached hydrogens (tertiary/aromatic N) is 5. The summed E-state index contributed by atoms with van der Waals surface area (Å²) >= 11 is 0. The van der Waals surface area contributed by atoms with Crippen LogP contribution in [0.3, 0.4) is 0 Å². The fourth-order valence-electron chi connectivity index (χ4n) is 3.78. The molecule has 2 heterocycles. The number of ether oxygens (including phenoxy) is 1. The van der Waals surface area contributed by atoms with Gasteiger partial charge in [0.05, 0.1) is 26.1 Å². The van der Waals surface area contributed by atoms with Crippen molar-refractivity contribution in [2.45, 2.75) is 26.6 Å². The van der Waals surface area contributed by atoms with E-state index in [1.165, 1.54) is 17.0 Å². The van der Waals surface area contributed by atoms with E-state index >= 15 is 4.39 Å². The molecule has 0 amide bonds. The fraction of sp³-hybridized carbons (Fsp3) is 0.333. The van der Waals surface area contributed by atoms with Gasteiger partial charge in [0.15, 0.2) is 17.9 Å². The van der Waals surface area contributed by atoms with E-state index in [2.05, 4.69) is 16.7 Å². The van der Waals surface area contributed by atoms with Crippen LogP contribution in [-0.4, -0.2) is 50.3 Å². The molecule has 1 atom stereocenters. The molecule has 11 heteroatoms. The van der Waals surface area contributed by atoms with Crippen LogP contribution in [0.1, 0.15) is 28.7 Å². The number of hydrogen-bond acceptors (Lipinski definition) is 6. The lowest BCUT2D eigenvalue weighted by Gasteiger charge is -2.17. The number of allylic oxidation sites excluding steroid dienone is 5. The molecule has 0 radical (unpaired) electrons. The predicted molar refractivity (Wildman–Crippen MR) is 123 cm³/mol. The van der Waals surface area contributed by atoms with Crippen LogP contribution in [0.2, 0.25) is 0 Å². The van der Waals surface area contributed by atoms with E-state index in [0.29, 0.717) is 22.4 Å². The molecule has 1 aliphatic rings. The number of rotatable bonds is 8. The van der Waals surface area contributed by atoms with Gasteiger partial charge < -0.3 is 14.9 Å². The first kappa shape index (κ1) is 25.9. The van der Waals surface area contributed by atoms with Gasteiger partial charge in [-0.1, -0.05) is 19.6 Å². The summed E-state index contributed by atoms with van der Waals surface area (Å²) in [6.45, 7) is 7.09. The van der Waals surface area contributed by atoms with Crippen molar-refractivity contribution in [1.29, 1.82) is 0 Å². The van der Waals surface area contributed by atoms with Crippen LogP contribution >= 0.6 is 0 Å². The molecule has 186 valence electrons. The Labute approximate surface area is 200 Å². The normalized spacial score (nSPS) is 16.8. The van der Waals surface area contributed by atoms with Gasteiger partial charge in [0.2, 0.25) is 17.9 Å². The van der Waals surface area contributed by atoms with Gasteiger partial charge in [0, 0.05) is 36.7 Å². The molecule has 2 N–H and O–H groups in total. The smallest absolute Gasteiger partial charge is 0.263 e. The quantitative estimate of drug-likeness (QED) is 0.335. The highest BCUT2D eigenvalue weighted by Gasteiger charge is 2.28. The Kier molecular flexibility index (Phi) is 7.92. The average molecular weight is 489 g/mol. The van der Waals surface area contributed by atoms with Crippen LogP contribution in [0.4, 0.5) is 8.78 Å². The Hall–Kier alpha value is -3.70. The number of aliphatic hydroxyl groups excluding tert-OH is 1. The van der Waals surface area contributed by atoms with Crippen LogP contribution in [0.15, 0.2) is 59.7 Å². The summed E-state index contributed by atoms with van der Waals surface area (Å²) in [6.07, 6.45) is 5.27. The van der Waals surface area contributed by atoms with Crippen LogP contribution in [0, 0.1) is 12.8 Å². The molecule has 0 fully saturated rings. The van der Waals surface area contributed by atoms with Gasteiger partial charge in [-0.2, -0.15) is 9.49 Å². The Morgan fingerprint density at radius 1 is 1.43 bits per heavy atom. The Morgan fingerprint density at radius 2 is 2.14 bits per heavy atom. The summed E-state index contributed by atoms with van der Waals surface area (Å²) < 4.78 is 40.0. The Morgan fingerprint density at radius 3 is 2.77 bits per heavy atom. The highest BCUT2D eigenvalue weighted by atomic mass is 19.2. The number of hydrogen-bond donors (Lipinski definition) is 2. The molecular weight excluding hydrogens is 460 g/mol. The molecule has 1 aliphatic carbocycles. The van der Waals surface area contributed by atoms with E-state index < -0.39 is 29.6 Å². The summed E-state index contributed by atoms with van der Waals surface area (Å²) in [5.74, 6) is -3.92. The van der Waals surface area contributed by atoms with E-state index in [0.717, 1.165) is 6.08 Å². The van der Waals surface area contributed by atoms with Crippen LogP contribution in [-0.2, 0) is 18.2 Å². The van der Waals surface area contributed by atoms with E-state index in [9.17, 15) is 19.4 Å². The third kappa shape index (κ3) is 5.20. The van der Waals surface area contributed by atoms with Gasteiger partial charge in [0.1, 0.15) is 11.4 Å². The highest BCUT2D eigenvalue weighted by Crippen LogP contribution is 2.33. The minimum absolute atomic E-state index is 0.0892. The second-order valence-electron chi connectivity index (χ2n) is 7.91. The molecule has 35 heavy (non-hydrogen) atoms. The van der Waals surface area contributed by atoms with Gasteiger partial charge >= 0.3 is 0 Å². The lowest BCUT2D eigenvalue weighted by atomic mass is 10.1. The summed E-state index contributed by atoms with van der Waals surface area (Å²) in [5, 5.41) is 22.6. The van der Waals surface area contributed by atoms with Crippen LogP contribution in [0.5, 0.6) is 0 Å². The molecule has 0 aromatic carbocycles. The zero-order valence-electron chi connectivity index (χ0n) is 19.9. The zero-order valence-corrected chi connectivity index (χ0v) is 19.9. The number of halogens is 2. The second kappa shape index (κ2) is 10.7. The number of aryl methyl sites for hydroxylation is 1. The van der Waals surface area contributed by atoms with E-state index in [1.54, 1.807) is 55.7 Å². The number of aromatic nitrogens is 4. The lowest BCUT2D eigenvalue weighted by Crippen LogP contribution is -2.46. The largest absolute Gasteiger partial charge is 0.487 e. The van der Waals surface area contributed by atoms with E-state index in [4.69, 9.17) is 4.74 Å². The Balaban J connectivity index is 2.03. The second-order valence-corrected chi connectivity index (χ2v) is 7.91. The fourth-order valence-corrected chi connectivity index (χ4v) is 3.78. The SMILES string of the molecule is C=C[n+]1cn(C2=C(OCCc3c(C(=O)C(O)O)nn(C)c3C)C(F)=C(F)C=CC2C)ccc1=NC. The third-order valence-corrected chi connectivity index (χ3v) is 5.73. The molecule has 9 nitrogen and oxygen atoms in total. The molecule has 3 rings (SSSR count). The minimum atomic E-state index is -2.22. The molecule has 2 aromatic rings. The van der Waals surface area contributed by atoms with Gasteiger partial charge in [-0.25, -0.2) is 13.5 Å². The molecule has 0 bridgehead atoms. The number of ketones is 1. The Bertz CT molecular complexity index is 1320. The van der Waals surface area contributed by atoms with Gasteiger partial charge in [0.25, 0.3) is 5.49 Å². The van der Waals surface area contributed by atoms with Crippen LogP contribution in [0.25, 0.3) is 11.9 Å². The maximum atomic E-state index is 15.1. The standard InChI is InChI=1S/C24H28F2N5O4/c1-6-30-13-31(11-9-18(30)27-4)21-14(2)7-8-17(25)19(26)23(21)35-12-10-16-15(3)29(5)28-20(16)22(32)24(33)34/h6-9,11,13-14,24,33-34H,1,10,12H2,2-5H3/q+1. The topological polar surface area (TPSA) is 106 Å². The minimum Gasteiger partial charge on any atom is -0.487 e. The molecule has 0 saturated carbocycles. The molecule has 1 unspecified atom stereocenters. The molecule has 0 aliphatic heterocycles. The van der Waals surface area contributed by atoms with Crippen molar-refractivity contribution in [3.05, 3.63) is 77.2 Å². The first-order valence-electron chi connectivity index (χ1n) is 10.8. The monoisotopic (exact) mass is 488 g/mol. The molecule has 0 saturated heterocycles. The predicted octanol–water partition coefficient (Wildman–Crippen LogP) is 1.73. The van der Waals surface area contributed by atoms with Crippen molar-refractivity contribution in [2.24, 2.45) is 18.0 Å². The average Bonchev–Trinajstić information content (AvgIpc) is 3.07.